The van der Waals surface area contributed by atoms with Crippen molar-refractivity contribution in [3.8, 4) is 0 Å². The molecule has 1 aromatic carbocycles. The molecule has 0 unspecified atom stereocenters. The van der Waals surface area contributed by atoms with Crippen LogP contribution in [0.1, 0.15) is 30.9 Å². The van der Waals surface area contributed by atoms with E-state index in [-0.39, 0.29) is 36.1 Å². The Morgan fingerprint density at radius 2 is 1.93 bits per heavy atom. The first-order valence-corrected chi connectivity index (χ1v) is 10.0. The van der Waals surface area contributed by atoms with Crippen LogP contribution in [0.25, 0.3) is 0 Å². The monoisotopic (exact) mass is 544 g/mol. The van der Waals surface area contributed by atoms with Crippen LogP contribution in [0.4, 0.5) is 18.9 Å². The Hall–Kier alpha value is -1.27. The summed E-state index contributed by atoms with van der Waals surface area (Å²) in [6.07, 6.45) is -2.61. The Morgan fingerprint density at radius 1 is 1.20 bits per heavy atom. The second-order valence-corrected chi connectivity index (χ2v) is 6.70. The number of rotatable bonds is 9. The highest BCUT2D eigenvalue weighted by atomic mass is 127. The minimum Gasteiger partial charge on any atom is -0.382 e. The van der Waals surface area contributed by atoms with E-state index in [9.17, 15) is 13.2 Å². The first-order valence-electron chi connectivity index (χ1n) is 10.0. The van der Waals surface area contributed by atoms with Crippen LogP contribution in [-0.2, 0) is 22.2 Å². The zero-order chi connectivity index (χ0) is 21.1. The Labute approximate surface area is 193 Å². The van der Waals surface area contributed by atoms with E-state index in [0.29, 0.717) is 57.7 Å². The molecular weight excluding hydrogens is 512 g/mol. The van der Waals surface area contributed by atoms with Crippen LogP contribution < -0.4 is 15.5 Å². The van der Waals surface area contributed by atoms with Gasteiger partial charge in [0.25, 0.3) is 0 Å². The van der Waals surface area contributed by atoms with Gasteiger partial charge in [0.2, 0.25) is 0 Å². The number of guanidine groups is 1. The number of aliphatic imine (C=N–C) groups is 1. The number of ether oxygens (including phenoxy) is 2. The highest BCUT2D eigenvalue weighted by molar-refractivity contribution is 14.0. The predicted octanol–water partition coefficient (Wildman–Crippen LogP) is 3.64. The lowest BCUT2D eigenvalue weighted by molar-refractivity contribution is -0.138. The highest BCUT2D eigenvalue weighted by Crippen LogP contribution is 2.35. The largest absolute Gasteiger partial charge is 0.416 e. The SMILES string of the molecule is CCOCCCCNC(=NC)NCc1ccc(N2CCOCC2)cc1C(F)(F)F.I. The molecule has 0 amide bonds. The number of benzene rings is 1. The number of anilines is 1. The fourth-order valence-corrected chi connectivity index (χ4v) is 3.08. The number of hydrogen-bond acceptors (Lipinski definition) is 4. The molecule has 10 heteroatoms. The van der Waals surface area contributed by atoms with Gasteiger partial charge < -0.3 is 25.0 Å². The van der Waals surface area contributed by atoms with E-state index in [2.05, 4.69) is 15.6 Å². The van der Waals surface area contributed by atoms with Crippen molar-refractivity contribution in [1.29, 1.82) is 0 Å². The zero-order valence-electron chi connectivity index (χ0n) is 17.6. The quantitative estimate of drug-likeness (QED) is 0.215. The van der Waals surface area contributed by atoms with Crippen LogP contribution in [0.3, 0.4) is 0 Å². The Balaban J connectivity index is 0.00000450. The molecular formula is C20H32F3IN4O2. The molecule has 2 N–H and O–H groups in total. The molecule has 6 nitrogen and oxygen atoms in total. The number of alkyl halides is 3. The lowest BCUT2D eigenvalue weighted by Gasteiger charge is -2.29. The summed E-state index contributed by atoms with van der Waals surface area (Å²) in [4.78, 5) is 6.00. The van der Waals surface area contributed by atoms with Crippen molar-refractivity contribution in [2.75, 3.05) is 58.0 Å². The second kappa shape index (κ2) is 13.9. The molecule has 0 aliphatic carbocycles. The standard InChI is InChI=1S/C20H31F3N4O2.HI/c1-3-28-11-5-4-8-25-19(24-2)26-15-16-6-7-17(14-18(16)20(21,22)23)27-9-12-29-13-10-27;/h6-7,14H,3-5,8-13,15H2,1-2H3,(H2,24,25,26);1H. The van der Waals surface area contributed by atoms with Gasteiger partial charge in [-0.15, -0.1) is 24.0 Å². The third kappa shape index (κ3) is 8.84. The summed E-state index contributed by atoms with van der Waals surface area (Å²) in [6, 6.07) is 4.50. The molecule has 1 saturated heterocycles. The van der Waals surface area contributed by atoms with Gasteiger partial charge in [0, 0.05) is 52.1 Å². The topological polar surface area (TPSA) is 58.1 Å². The minimum absolute atomic E-state index is 0. The van der Waals surface area contributed by atoms with E-state index in [0.717, 1.165) is 12.8 Å². The molecule has 0 spiro atoms. The van der Waals surface area contributed by atoms with E-state index in [1.165, 1.54) is 12.1 Å². The lowest BCUT2D eigenvalue weighted by atomic mass is 10.0. The molecule has 1 aromatic rings. The van der Waals surface area contributed by atoms with Crippen molar-refractivity contribution in [2.24, 2.45) is 4.99 Å². The number of halogens is 4. The van der Waals surface area contributed by atoms with Gasteiger partial charge in [-0.1, -0.05) is 6.07 Å². The normalized spacial score (nSPS) is 15.0. The number of morpholine rings is 1. The number of nitrogens with zero attached hydrogens (tertiary/aromatic N) is 2. The summed E-state index contributed by atoms with van der Waals surface area (Å²) in [5.41, 5.74) is 0.135. The molecule has 0 radical (unpaired) electrons. The molecule has 1 aliphatic heterocycles. The second-order valence-electron chi connectivity index (χ2n) is 6.70. The van der Waals surface area contributed by atoms with Crippen LogP contribution in [0, 0.1) is 0 Å². The summed E-state index contributed by atoms with van der Waals surface area (Å²) in [5, 5.41) is 6.09. The van der Waals surface area contributed by atoms with Gasteiger partial charge in [-0.05, 0) is 37.5 Å². The summed E-state index contributed by atoms with van der Waals surface area (Å²) in [5.74, 6) is 0.479. The van der Waals surface area contributed by atoms with Gasteiger partial charge in [0.15, 0.2) is 5.96 Å². The minimum atomic E-state index is -4.42. The average molecular weight is 544 g/mol. The Bertz CT molecular complexity index is 653. The number of hydrogen-bond donors (Lipinski definition) is 2. The van der Waals surface area contributed by atoms with E-state index in [1.54, 1.807) is 13.1 Å². The smallest absolute Gasteiger partial charge is 0.382 e. The third-order valence-electron chi connectivity index (χ3n) is 4.66. The lowest BCUT2D eigenvalue weighted by Crippen LogP contribution is -2.38. The van der Waals surface area contributed by atoms with Gasteiger partial charge in [-0.2, -0.15) is 13.2 Å². The first kappa shape index (κ1) is 26.8. The van der Waals surface area contributed by atoms with Crippen molar-refractivity contribution < 1.29 is 22.6 Å². The average Bonchev–Trinajstić information content (AvgIpc) is 2.72. The van der Waals surface area contributed by atoms with Gasteiger partial charge in [0.05, 0.1) is 18.8 Å². The van der Waals surface area contributed by atoms with Crippen molar-refractivity contribution in [3.05, 3.63) is 29.3 Å². The molecule has 1 fully saturated rings. The number of unbranched alkanes of at least 4 members (excludes halogenated alkanes) is 1. The van der Waals surface area contributed by atoms with Gasteiger partial charge in [-0.3, -0.25) is 4.99 Å². The van der Waals surface area contributed by atoms with E-state index < -0.39 is 11.7 Å². The zero-order valence-corrected chi connectivity index (χ0v) is 19.9. The molecule has 0 atom stereocenters. The van der Waals surface area contributed by atoms with E-state index in [4.69, 9.17) is 9.47 Å². The van der Waals surface area contributed by atoms with Crippen molar-refractivity contribution in [3.63, 3.8) is 0 Å². The van der Waals surface area contributed by atoms with Gasteiger partial charge in [0.1, 0.15) is 0 Å². The molecule has 0 aromatic heterocycles. The fraction of sp³-hybridized carbons (Fsp3) is 0.650. The number of nitrogens with one attached hydrogen (secondary N) is 2. The molecule has 2 rings (SSSR count). The molecule has 0 saturated carbocycles. The van der Waals surface area contributed by atoms with Crippen LogP contribution in [0.5, 0.6) is 0 Å². The third-order valence-corrected chi connectivity index (χ3v) is 4.66. The summed E-state index contributed by atoms with van der Waals surface area (Å²) in [6.45, 7) is 6.30. The Morgan fingerprint density at radius 3 is 2.57 bits per heavy atom. The molecule has 0 bridgehead atoms. The fourth-order valence-electron chi connectivity index (χ4n) is 3.08. The maximum atomic E-state index is 13.6. The summed E-state index contributed by atoms with van der Waals surface area (Å²) >= 11 is 0. The van der Waals surface area contributed by atoms with E-state index >= 15 is 0 Å². The molecule has 30 heavy (non-hydrogen) atoms. The van der Waals surface area contributed by atoms with Gasteiger partial charge in [-0.25, -0.2) is 0 Å². The highest BCUT2D eigenvalue weighted by Gasteiger charge is 2.34. The first-order chi connectivity index (χ1) is 14.0. The van der Waals surface area contributed by atoms with Crippen LogP contribution in [0.15, 0.2) is 23.2 Å². The van der Waals surface area contributed by atoms with Crippen molar-refractivity contribution >= 4 is 35.6 Å². The van der Waals surface area contributed by atoms with E-state index in [1.807, 2.05) is 11.8 Å². The molecule has 172 valence electrons. The summed E-state index contributed by atoms with van der Waals surface area (Å²) in [7, 11) is 1.60. The van der Waals surface area contributed by atoms with Gasteiger partial charge >= 0.3 is 6.18 Å². The van der Waals surface area contributed by atoms with Crippen molar-refractivity contribution in [2.45, 2.75) is 32.5 Å². The maximum Gasteiger partial charge on any atom is 0.416 e. The maximum absolute atomic E-state index is 13.6. The molecule has 1 aliphatic rings. The predicted molar refractivity (Wildman–Crippen MR) is 124 cm³/mol. The van der Waals surface area contributed by atoms with Crippen LogP contribution >= 0.6 is 24.0 Å². The van der Waals surface area contributed by atoms with Crippen molar-refractivity contribution in [1.82, 2.24) is 10.6 Å². The van der Waals surface area contributed by atoms with Crippen LogP contribution in [0.2, 0.25) is 0 Å². The van der Waals surface area contributed by atoms with Crippen LogP contribution in [-0.4, -0.2) is 59.1 Å². The Kier molecular flexibility index (Phi) is 12.4. The molecule has 1 heterocycles. The summed E-state index contributed by atoms with van der Waals surface area (Å²) < 4.78 is 51.4.